The van der Waals surface area contributed by atoms with Crippen LogP contribution >= 0.6 is 0 Å². The van der Waals surface area contributed by atoms with Crippen LogP contribution in [-0.2, 0) is 4.79 Å². The summed E-state index contributed by atoms with van der Waals surface area (Å²) in [5.41, 5.74) is 0. The predicted octanol–water partition coefficient (Wildman–Crippen LogP) is 2.36. The topological polar surface area (TPSA) is 40.5 Å². The third-order valence-corrected chi connectivity index (χ3v) is 3.64. The van der Waals surface area contributed by atoms with E-state index in [0.717, 1.165) is 12.5 Å². The molecule has 1 rings (SSSR count). The molecule has 0 amide bonds. The summed E-state index contributed by atoms with van der Waals surface area (Å²) in [6.07, 6.45) is 4.08. The number of hydrogen-bond acceptors (Lipinski definition) is 2. The number of carboxylic acid groups (broad SMARTS) is 1. The summed E-state index contributed by atoms with van der Waals surface area (Å²) in [5.74, 6) is 0.0350. The fourth-order valence-electron chi connectivity index (χ4n) is 2.86. The molecule has 1 N–H and O–H groups in total. The van der Waals surface area contributed by atoms with Gasteiger partial charge < -0.3 is 5.11 Å². The molecule has 3 heteroatoms. The van der Waals surface area contributed by atoms with Gasteiger partial charge in [-0.15, -0.1) is 0 Å². The highest BCUT2D eigenvalue weighted by molar-refractivity contribution is 5.67. The first-order chi connectivity index (χ1) is 7.06. The Morgan fingerprint density at radius 1 is 1.53 bits per heavy atom. The second-order valence-electron chi connectivity index (χ2n) is 4.75. The maximum absolute atomic E-state index is 10.7. The Morgan fingerprint density at radius 2 is 2.20 bits per heavy atom. The van der Waals surface area contributed by atoms with E-state index in [2.05, 4.69) is 18.7 Å². The molecular formula is C12H23NO2. The highest BCUT2D eigenvalue weighted by atomic mass is 16.4. The van der Waals surface area contributed by atoms with Crippen LogP contribution in [0.25, 0.3) is 0 Å². The van der Waals surface area contributed by atoms with Crippen molar-refractivity contribution in [3.8, 4) is 0 Å². The van der Waals surface area contributed by atoms with Crippen molar-refractivity contribution in [2.24, 2.45) is 5.92 Å². The molecule has 0 aromatic heterocycles. The van der Waals surface area contributed by atoms with Crippen molar-refractivity contribution < 1.29 is 9.90 Å². The van der Waals surface area contributed by atoms with Crippen molar-refractivity contribution in [3.05, 3.63) is 0 Å². The van der Waals surface area contributed by atoms with Crippen molar-refractivity contribution in [1.29, 1.82) is 0 Å². The van der Waals surface area contributed by atoms with Gasteiger partial charge in [0.2, 0.25) is 0 Å². The zero-order valence-electron chi connectivity index (χ0n) is 10.1. The van der Waals surface area contributed by atoms with Crippen LogP contribution in [0.15, 0.2) is 0 Å². The Bertz CT molecular complexity index is 218. The summed E-state index contributed by atoms with van der Waals surface area (Å²) < 4.78 is 0. The number of nitrogens with zero attached hydrogens (tertiary/aromatic N) is 1. The standard InChI is InChI=1S/C12H23NO2/c1-4-13(10(3)8-12(14)15)11-7-5-6-9(11)2/h9-11H,4-8H2,1-3H3,(H,14,15). The molecular weight excluding hydrogens is 190 g/mol. The van der Waals surface area contributed by atoms with Gasteiger partial charge in [0.15, 0.2) is 0 Å². The molecule has 3 nitrogen and oxygen atoms in total. The first kappa shape index (κ1) is 12.5. The van der Waals surface area contributed by atoms with Gasteiger partial charge in [0.25, 0.3) is 0 Å². The molecule has 0 bridgehead atoms. The lowest BCUT2D eigenvalue weighted by molar-refractivity contribution is -0.138. The number of hydrogen-bond donors (Lipinski definition) is 1. The Balaban J connectivity index is 2.57. The second kappa shape index (κ2) is 5.50. The molecule has 1 saturated carbocycles. The number of carbonyl (C=O) groups is 1. The van der Waals surface area contributed by atoms with Crippen molar-refractivity contribution in [2.45, 2.75) is 58.5 Å². The molecule has 0 spiro atoms. The third-order valence-electron chi connectivity index (χ3n) is 3.64. The Hall–Kier alpha value is -0.570. The maximum atomic E-state index is 10.7. The minimum absolute atomic E-state index is 0.165. The monoisotopic (exact) mass is 213 g/mol. The lowest BCUT2D eigenvalue weighted by atomic mass is 10.0. The average Bonchev–Trinajstić information content (AvgIpc) is 2.52. The van der Waals surface area contributed by atoms with Crippen molar-refractivity contribution in [3.63, 3.8) is 0 Å². The first-order valence-corrected chi connectivity index (χ1v) is 6.03. The fourth-order valence-corrected chi connectivity index (χ4v) is 2.86. The minimum Gasteiger partial charge on any atom is -0.481 e. The van der Waals surface area contributed by atoms with Gasteiger partial charge in [-0.25, -0.2) is 0 Å². The van der Waals surface area contributed by atoms with E-state index in [4.69, 9.17) is 5.11 Å². The van der Waals surface area contributed by atoms with Crippen LogP contribution < -0.4 is 0 Å². The van der Waals surface area contributed by atoms with Crippen LogP contribution in [0, 0.1) is 5.92 Å². The molecule has 1 aliphatic rings. The highest BCUT2D eigenvalue weighted by Gasteiger charge is 2.31. The molecule has 3 atom stereocenters. The van der Waals surface area contributed by atoms with Crippen LogP contribution in [0.1, 0.15) is 46.5 Å². The van der Waals surface area contributed by atoms with Gasteiger partial charge in [-0.2, -0.15) is 0 Å². The zero-order chi connectivity index (χ0) is 11.4. The van der Waals surface area contributed by atoms with Crippen LogP contribution in [0.5, 0.6) is 0 Å². The molecule has 0 aliphatic heterocycles. The third kappa shape index (κ3) is 3.20. The van der Waals surface area contributed by atoms with E-state index in [0.29, 0.717) is 6.04 Å². The van der Waals surface area contributed by atoms with Gasteiger partial charge in [-0.05, 0) is 32.2 Å². The average molecular weight is 213 g/mol. The summed E-state index contributed by atoms with van der Waals surface area (Å²) in [7, 11) is 0. The highest BCUT2D eigenvalue weighted by Crippen LogP contribution is 2.30. The van der Waals surface area contributed by atoms with E-state index in [1.807, 2.05) is 6.92 Å². The van der Waals surface area contributed by atoms with Gasteiger partial charge >= 0.3 is 5.97 Å². The molecule has 1 aliphatic carbocycles. The SMILES string of the molecule is CCN(C(C)CC(=O)O)C1CCCC1C. The lowest BCUT2D eigenvalue weighted by Gasteiger charge is -2.35. The number of rotatable bonds is 5. The molecule has 1 fully saturated rings. The van der Waals surface area contributed by atoms with Crippen LogP contribution in [0.2, 0.25) is 0 Å². The van der Waals surface area contributed by atoms with Crippen LogP contribution in [0.4, 0.5) is 0 Å². The van der Waals surface area contributed by atoms with E-state index in [1.165, 1.54) is 19.3 Å². The summed E-state index contributed by atoms with van der Waals surface area (Å²) in [6, 6.07) is 0.766. The molecule has 0 radical (unpaired) electrons. The van der Waals surface area contributed by atoms with Crippen LogP contribution in [0.3, 0.4) is 0 Å². The molecule has 0 aromatic rings. The maximum Gasteiger partial charge on any atom is 0.304 e. The van der Waals surface area contributed by atoms with Gasteiger partial charge in [0, 0.05) is 12.1 Å². The van der Waals surface area contributed by atoms with Crippen molar-refractivity contribution in [1.82, 2.24) is 4.90 Å². The first-order valence-electron chi connectivity index (χ1n) is 6.03. The van der Waals surface area contributed by atoms with E-state index in [9.17, 15) is 4.79 Å². The normalized spacial score (nSPS) is 28.3. The zero-order valence-corrected chi connectivity index (χ0v) is 10.1. The van der Waals surface area contributed by atoms with E-state index < -0.39 is 5.97 Å². The predicted molar refractivity (Wildman–Crippen MR) is 60.9 cm³/mol. The van der Waals surface area contributed by atoms with Crippen LogP contribution in [-0.4, -0.2) is 34.6 Å². The largest absolute Gasteiger partial charge is 0.481 e. The van der Waals surface area contributed by atoms with E-state index in [-0.39, 0.29) is 12.5 Å². The minimum atomic E-state index is -0.688. The Labute approximate surface area is 92.5 Å². The van der Waals surface area contributed by atoms with Crippen molar-refractivity contribution in [2.75, 3.05) is 6.54 Å². The summed E-state index contributed by atoms with van der Waals surface area (Å²) in [6.45, 7) is 7.41. The van der Waals surface area contributed by atoms with Gasteiger partial charge in [-0.3, -0.25) is 9.69 Å². The van der Waals surface area contributed by atoms with Gasteiger partial charge in [-0.1, -0.05) is 20.3 Å². The number of aliphatic carboxylic acids is 1. The van der Waals surface area contributed by atoms with E-state index in [1.54, 1.807) is 0 Å². The Kier molecular flexibility index (Phi) is 4.58. The van der Waals surface area contributed by atoms with E-state index >= 15 is 0 Å². The summed E-state index contributed by atoms with van der Waals surface area (Å²) in [4.78, 5) is 13.1. The number of carboxylic acids is 1. The van der Waals surface area contributed by atoms with Crippen molar-refractivity contribution >= 4 is 5.97 Å². The molecule has 0 aromatic carbocycles. The molecule has 88 valence electrons. The molecule has 0 heterocycles. The quantitative estimate of drug-likeness (QED) is 0.762. The fraction of sp³-hybridized carbons (Fsp3) is 0.917. The summed E-state index contributed by atoms with van der Waals surface area (Å²) >= 11 is 0. The molecule has 15 heavy (non-hydrogen) atoms. The lowest BCUT2D eigenvalue weighted by Crippen LogP contribution is -2.43. The second-order valence-corrected chi connectivity index (χ2v) is 4.75. The molecule has 0 saturated heterocycles. The Morgan fingerprint density at radius 3 is 2.60 bits per heavy atom. The van der Waals surface area contributed by atoms with Gasteiger partial charge in [0.1, 0.15) is 0 Å². The molecule has 3 unspecified atom stereocenters. The summed E-state index contributed by atoms with van der Waals surface area (Å²) in [5, 5.41) is 8.81. The van der Waals surface area contributed by atoms with Gasteiger partial charge in [0.05, 0.1) is 6.42 Å². The smallest absolute Gasteiger partial charge is 0.304 e.